The fourth-order valence-corrected chi connectivity index (χ4v) is 1.94. The van der Waals surface area contributed by atoms with Crippen LogP contribution in [0.3, 0.4) is 0 Å². The van der Waals surface area contributed by atoms with Gasteiger partial charge in [-0.25, -0.2) is 0 Å². The van der Waals surface area contributed by atoms with Crippen LogP contribution in [0.4, 0.5) is 13.2 Å². The SMILES string of the molecule is NNC(CCC(F)(F)F)Cc1cc(Cl)ccc1Cl. The molecule has 1 rings (SSSR count). The molecule has 0 fully saturated rings. The Labute approximate surface area is 113 Å². The summed E-state index contributed by atoms with van der Waals surface area (Å²) in [6, 6.07) is 4.36. The monoisotopic (exact) mass is 300 g/mol. The Hall–Kier alpha value is -0.490. The summed E-state index contributed by atoms with van der Waals surface area (Å²) in [6.07, 6.45) is -4.89. The van der Waals surface area contributed by atoms with E-state index >= 15 is 0 Å². The Bertz CT molecular complexity index is 396. The number of halogens is 5. The molecule has 102 valence electrons. The van der Waals surface area contributed by atoms with Crippen molar-refractivity contribution in [3.05, 3.63) is 33.8 Å². The zero-order valence-electron chi connectivity index (χ0n) is 9.40. The Morgan fingerprint density at radius 2 is 1.94 bits per heavy atom. The predicted octanol–water partition coefficient (Wildman–Crippen LogP) is 3.71. The summed E-state index contributed by atoms with van der Waals surface area (Å²) in [5, 5.41) is 0.952. The molecule has 0 bridgehead atoms. The molecular formula is C11H13Cl2F3N2. The van der Waals surface area contributed by atoms with Gasteiger partial charge in [0.05, 0.1) is 0 Å². The van der Waals surface area contributed by atoms with E-state index in [1.807, 2.05) is 0 Å². The van der Waals surface area contributed by atoms with Crippen molar-refractivity contribution in [3.8, 4) is 0 Å². The van der Waals surface area contributed by atoms with Crippen molar-refractivity contribution in [2.24, 2.45) is 5.84 Å². The summed E-state index contributed by atoms with van der Waals surface area (Å²) < 4.78 is 36.4. The molecule has 0 saturated heterocycles. The van der Waals surface area contributed by atoms with Crippen LogP contribution >= 0.6 is 23.2 Å². The summed E-state index contributed by atoms with van der Waals surface area (Å²) >= 11 is 11.7. The maximum Gasteiger partial charge on any atom is 0.389 e. The van der Waals surface area contributed by atoms with Gasteiger partial charge >= 0.3 is 6.18 Å². The third-order valence-corrected chi connectivity index (χ3v) is 3.09. The molecule has 18 heavy (non-hydrogen) atoms. The molecule has 0 spiro atoms. The number of hydrogen-bond donors (Lipinski definition) is 2. The molecule has 0 amide bonds. The normalized spacial score (nSPS) is 13.7. The van der Waals surface area contributed by atoms with Crippen LogP contribution in [-0.4, -0.2) is 12.2 Å². The number of nitrogens with two attached hydrogens (primary N) is 1. The minimum Gasteiger partial charge on any atom is -0.271 e. The third-order valence-electron chi connectivity index (χ3n) is 2.49. The average Bonchev–Trinajstić information content (AvgIpc) is 2.27. The second-order valence-electron chi connectivity index (χ2n) is 3.96. The molecular weight excluding hydrogens is 288 g/mol. The van der Waals surface area contributed by atoms with E-state index in [1.54, 1.807) is 18.2 Å². The van der Waals surface area contributed by atoms with Crippen molar-refractivity contribution < 1.29 is 13.2 Å². The minimum absolute atomic E-state index is 0.108. The van der Waals surface area contributed by atoms with E-state index in [-0.39, 0.29) is 6.42 Å². The molecule has 1 aromatic carbocycles. The van der Waals surface area contributed by atoms with E-state index in [9.17, 15) is 13.2 Å². The molecule has 1 aromatic rings. The highest BCUT2D eigenvalue weighted by Gasteiger charge is 2.28. The van der Waals surface area contributed by atoms with Gasteiger partial charge in [0.2, 0.25) is 0 Å². The van der Waals surface area contributed by atoms with E-state index in [0.29, 0.717) is 22.0 Å². The number of hydrazine groups is 1. The van der Waals surface area contributed by atoms with Gasteiger partial charge in [-0.1, -0.05) is 23.2 Å². The molecule has 0 aliphatic rings. The van der Waals surface area contributed by atoms with Crippen LogP contribution in [0.1, 0.15) is 18.4 Å². The van der Waals surface area contributed by atoms with Crippen LogP contribution in [-0.2, 0) is 6.42 Å². The predicted molar refractivity (Wildman–Crippen MR) is 66.6 cm³/mol. The standard InChI is InChI=1S/C11H13Cl2F3N2/c12-8-1-2-10(13)7(5-8)6-9(18-17)3-4-11(14,15)16/h1-2,5,9,18H,3-4,6,17H2. The van der Waals surface area contributed by atoms with Crippen molar-refractivity contribution >= 4 is 23.2 Å². The lowest BCUT2D eigenvalue weighted by Gasteiger charge is -2.17. The third kappa shape index (κ3) is 5.44. The first kappa shape index (κ1) is 15.6. The van der Waals surface area contributed by atoms with E-state index < -0.39 is 18.6 Å². The first-order valence-corrected chi connectivity index (χ1v) is 6.04. The van der Waals surface area contributed by atoms with Crippen LogP contribution in [0.5, 0.6) is 0 Å². The van der Waals surface area contributed by atoms with E-state index in [1.165, 1.54) is 0 Å². The number of hydrogen-bond acceptors (Lipinski definition) is 2. The number of rotatable bonds is 5. The fraction of sp³-hybridized carbons (Fsp3) is 0.455. The van der Waals surface area contributed by atoms with Gasteiger partial charge in [0.1, 0.15) is 0 Å². The van der Waals surface area contributed by atoms with Crippen LogP contribution in [0.15, 0.2) is 18.2 Å². The van der Waals surface area contributed by atoms with Crippen molar-refractivity contribution in [1.29, 1.82) is 0 Å². The molecule has 1 unspecified atom stereocenters. The first-order chi connectivity index (χ1) is 8.31. The second-order valence-corrected chi connectivity index (χ2v) is 4.80. The molecule has 0 saturated carbocycles. The summed E-state index contributed by atoms with van der Waals surface area (Å²) in [5.41, 5.74) is 3.04. The topological polar surface area (TPSA) is 38.0 Å². The van der Waals surface area contributed by atoms with E-state index in [0.717, 1.165) is 0 Å². The van der Waals surface area contributed by atoms with Crippen LogP contribution in [0, 0.1) is 0 Å². The zero-order chi connectivity index (χ0) is 13.8. The molecule has 0 radical (unpaired) electrons. The highest BCUT2D eigenvalue weighted by atomic mass is 35.5. The summed E-state index contributed by atoms with van der Waals surface area (Å²) in [5.74, 6) is 5.24. The Morgan fingerprint density at radius 3 is 2.50 bits per heavy atom. The Morgan fingerprint density at radius 1 is 1.28 bits per heavy atom. The quantitative estimate of drug-likeness (QED) is 0.642. The van der Waals surface area contributed by atoms with Gasteiger partial charge in [-0.2, -0.15) is 13.2 Å². The van der Waals surface area contributed by atoms with Crippen LogP contribution in [0.2, 0.25) is 10.0 Å². The molecule has 2 nitrogen and oxygen atoms in total. The van der Waals surface area contributed by atoms with Crippen molar-refractivity contribution in [3.63, 3.8) is 0 Å². The number of benzene rings is 1. The Balaban J connectivity index is 2.65. The maximum atomic E-state index is 12.1. The second kappa shape index (κ2) is 6.61. The van der Waals surface area contributed by atoms with Crippen molar-refractivity contribution in [1.82, 2.24) is 5.43 Å². The molecule has 0 aromatic heterocycles. The van der Waals surface area contributed by atoms with E-state index in [2.05, 4.69) is 5.43 Å². The van der Waals surface area contributed by atoms with Gasteiger partial charge < -0.3 is 0 Å². The molecule has 3 N–H and O–H groups in total. The molecule has 1 atom stereocenters. The van der Waals surface area contributed by atoms with Gasteiger partial charge in [-0.3, -0.25) is 11.3 Å². The molecule has 0 aliphatic heterocycles. The molecule has 0 aliphatic carbocycles. The van der Waals surface area contributed by atoms with Gasteiger partial charge in [0.15, 0.2) is 0 Å². The number of alkyl halides is 3. The lowest BCUT2D eigenvalue weighted by Crippen LogP contribution is -2.37. The lowest BCUT2D eigenvalue weighted by atomic mass is 10.0. The van der Waals surface area contributed by atoms with Crippen LogP contribution < -0.4 is 11.3 Å². The van der Waals surface area contributed by atoms with Crippen LogP contribution in [0.25, 0.3) is 0 Å². The smallest absolute Gasteiger partial charge is 0.271 e. The lowest BCUT2D eigenvalue weighted by molar-refractivity contribution is -0.136. The molecule has 7 heteroatoms. The number of nitrogens with one attached hydrogen (secondary N) is 1. The van der Waals surface area contributed by atoms with Gasteiger partial charge in [0.25, 0.3) is 0 Å². The fourth-order valence-electron chi connectivity index (χ4n) is 1.55. The molecule has 0 heterocycles. The summed E-state index contributed by atoms with van der Waals surface area (Å²) in [4.78, 5) is 0. The highest BCUT2D eigenvalue weighted by Crippen LogP contribution is 2.25. The largest absolute Gasteiger partial charge is 0.389 e. The minimum atomic E-state index is -4.19. The zero-order valence-corrected chi connectivity index (χ0v) is 10.9. The summed E-state index contributed by atoms with van der Waals surface area (Å²) in [6.45, 7) is 0. The summed E-state index contributed by atoms with van der Waals surface area (Å²) in [7, 11) is 0. The van der Waals surface area contributed by atoms with Crippen molar-refractivity contribution in [2.45, 2.75) is 31.5 Å². The Kier molecular flexibility index (Phi) is 5.72. The average molecular weight is 301 g/mol. The van der Waals surface area contributed by atoms with Gasteiger partial charge in [-0.15, -0.1) is 0 Å². The van der Waals surface area contributed by atoms with Gasteiger partial charge in [-0.05, 0) is 36.6 Å². The van der Waals surface area contributed by atoms with Gasteiger partial charge in [0, 0.05) is 22.5 Å². The van der Waals surface area contributed by atoms with Crippen molar-refractivity contribution in [2.75, 3.05) is 0 Å². The maximum absolute atomic E-state index is 12.1. The first-order valence-electron chi connectivity index (χ1n) is 5.28. The van der Waals surface area contributed by atoms with E-state index in [4.69, 9.17) is 29.0 Å². The highest BCUT2D eigenvalue weighted by molar-refractivity contribution is 6.33.